The van der Waals surface area contributed by atoms with Gasteiger partial charge in [0.05, 0.1) is 25.0 Å². The molecule has 0 fully saturated rings. The van der Waals surface area contributed by atoms with Crippen molar-refractivity contribution in [3.63, 3.8) is 0 Å². The molecule has 0 spiro atoms. The molecule has 0 saturated carbocycles. The van der Waals surface area contributed by atoms with Crippen molar-refractivity contribution in [2.24, 2.45) is 5.41 Å². The smallest absolute Gasteiger partial charge is 0.311 e. The van der Waals surface area contributed by atoms with Crippen LogP contribution >= 0.6 is 0 Å². The topological polar surface area (TPSA) is 69.7 Å². The summed E-state index contributed by atoms with van der Waals surface area (Å²) < 4.78 is 10.3. The zero-order chi connectivity index (χ0) is 23.9. The van der Waals surface area contributed by atoms with Gasteiger partial charge in [-0.2, -0.15) is 0 Å². The van der Waals surface area contributed by atoms with Crippen LogP contribution in [0.4, 0.5) is 0 Å². The minimum Gasteiger partial charge on any atom is -0.466 e. The van der Waals surface area contributed by atoms with Crippen LogP contribution in [-0.4, -0.2) is 30.9 Å². The summed E-state index contributed by atoms with van der Waals surface area (Å²) in [5.41, 5.74) is 1.69. The molecule has 0 aliphatic rings. The number of ether oxygens (including phenoxy) is 2. The monoisotopic (exact) mass is 438 g/mol. The lowest BCUT2D eigenvalue weighted by Gasteiger charge is -2.26. The lowest BCUT2D eigenvalue weighted by atomic mass is 9.77. The fraction of sp³-hybridized carbons (Fsp3) is 0.444. The van der Waals surface area contributed by atoms with Gasteiger partial charge < -0.3 is 9.47 Å². The van der Waals surface area contributed by atoms with E-state index >= 15 is 0 Å². The molecule has 0 saturated heterocycles. The molecule has 2 aromatic carbocycles. The Balaban J connectivity index is 2.26. The summed E-state index contributed by atoms with van der Waals surface area (Å²) in [6.07, 6.45) is 0.705. The number of hydrogen-bond donors (Lipinski definition) is 0. The number of hydrogen-bond acceptors (Lipinski definition) is 5. The SMILES string of the molecule is CCOC(=O)CC(C)(C)c1ccccc1C(=O)c1ccc(CC(C)(C)C(=O)OCC)cc1. The number of rotatable bonds is 10. The molecule has 0 heterocycles. The van der Waals surface area contributed by atoms with E-state index in [1.807, 2.05) is 58.0 Å². The number of carbonyl (C=O) groups excluding carboxylic acids is 3. The predicted octanol–water partition coefficient (Wildman–Crippen LogP) is 5.28. The van der Waals surface area contributed by atoms with Gasteiger partial charge in [-0.3, -0.25) is 14.4 Å². The molecule has 0 amide bonds. The standard InChI is InChI=1S/C27H34O5/c1-7-31-23(28)18-26(3,4)22-12-10-9-11-21(22)24(29)20-15-13-19(14-16-20)17-27(5,6)25(30)32-8-2/h9-16H,7-8,17-18H2,1-6H3. The van der Waals surface area contributed by atoms with E-state index in [1.165, 1.54) is 0 Å². The van der Waals surface area contributed by atoms with Crippen LogP contribution in [0.15, 0.2) is 48.5 Å². The van der Waals surface area contributed by atoms with Crippen LogP contribution in [0.5, 0.6) is 0 Å². The Morgan fingerprint density at radius 1 is 0.812 bits per heavy atom. The highest BCUT2D eigenvalue weighted by Gasteiger charge is 2.31. The largest absolute Gasteiger partial charge is 0.466 e. The Bertz CT molecular complexity index is 954. The molecule has 0 aliphatic heterocycles. The predicted molar refractivity (Wildman–Crippen MR) is 125 cm³/mol. The van der Waals surface area contributed by atoms with Crippen molar-refractivity contribution < 1.29 is 23.9 Å². The third-order valence-electron chi connectivity index (χ3n) is 5.48. The zero-order valence-corrected chi connectivity index (χ0v) is 20.0. The maximum Gasteiger partial charge on any atom is 0.311 e. The van der Waals surface area contributed by atoms with Crippen molar-refractivity contribution in [3.8, 4) is 0 Å². The van der Waals surface area contributed by atoms with Gasteiger partial charge in [0.15, 0.2) is 5.78 Å². The molecule has 0 atom stereocenters. The molecule has 0 unspecified atom stereocenters. The maximum atomic E-state index is 13.3. The van der Waals surface area contributed by atoms with Crippen LogP contribution in [0.25, 0.3) is 0 Å². The maximum absolute atomic E-state index is 13.3. The second-order valence-electron chi connectivity index (χ2n) is 9.22. The number of benzene rings is 2. The van der Waals surface area contributed by atoms with Crippen LogP contribution in [0, 0.1) is 5.41 Å². The summed E-state index contributed by atoms with van der Waals surface area (Å²) in [5, 5.41) is 0. The van der Waals surface area contributed by atoms with E-state index in [1.54, 1.807) is 32.0 Å². The van der Waals surface area contributed by atoms with Crippen LogP contribution in [0.3, 0.4) is 0 Å². The average molecular weight is 439 g/mol. The number of esters is 2. The lowest BCUT2D eigenvalue weighted by Crippen LogP contribution is -2.29. The third kappa shape index (κ3) is 6.28. The van der Waals surface area contributed by atoms with E-state index in [9.17, 15) is 14.4 Å². The normalized spacial score (nSPS) is 11.7. The molecule has 0 aliphatic carbocycles. The highest BCUT2D eigenvalue weighted by molar-refractivity contribution is 6.10. The minimum absolute atomic E-state index is 0.103. The third-order valence-corrected chi connectivity index (χ3v) is 5.48. The van der Waals surface area contributed by atoms with Crippen molar-refractivity contribution in [3.05, 3.63) is 70.8 Å². The van der Waals surface area contributed by atoms with E-state index in [2.05, 4.69) is 0 Å². The van der Waals surface area contributed by atoms with Crippen molar-refractivity contribution in [2.45, 2.75) is 59.8 Å². The van der Waals surface area contributed by atoms with Gasteiger partial charge in [-0.15, -0.1) is 0 Å². The molecule has 2 rings (SSSR count). The fourth-order valence-electron chi connectivity index (χ4n) is 3.78. The van der Waals surface area contributed by atoms with Gasteiger partial charge in [0.2, 0.25) is 0 Å². The van der Waals surface area contributed by atoms with Gasteiger partial charge in [-0.25, -0.2) is 0 Å². The Morgan fingerprint density at radius 2 is 1.41 bits per heavy atom. The first-order valence-electron chi connectivity index (χ1n) is 11.1. The molecule has 0 aromatic heterocycles. The van der Waals surface area contributed by atoms with Gasteiger partial charge in [0, 0.05) is 16.5 Å². The summed E-state index contributed by atoms with van der Waals surface area (Å²) >= 11 is 0. The van der Waals surface area contributed by atoms with E-state index in [0.29, 0.717) is 30.8 Å². The van der Waals surface area contributed by atoms with Gasteiger partial charge in [0.25, 0.3) is 0 Å². The van der Waals surface area contributed by atoms with E-state index in [-0.39, 0.29) is 24.1 Å². The van der Waals surface area contributed by atoms with Crippen LogP contribution < -0.4 is 0 Å². The minimum atomic E-state index is -0.648. The van der Waals surface area contributed by atoms with Crippen molar-refractivity contribution in [2.75, 3.05) is 13.2 Å². The van der Waals surface area contributed by atoms with Gasteiger partial charge in [-0.05, 0) is 45.2 Å². The second-order valence-corrected chi connectivity index (χ2v) is 9.22. The van der Waals surface area contributed by atoms with Gasteiger partial charge in [-0.1, -0.05) is 62.4 Å². The molecular weight excluding hydrogens is 404 g/mol. The quantitative estimate of drug-likeness (QED) is 0.373. The fourth-order valence-corrected chi connectivity index (χ4v) is 3.78. The number of ketones is 1. The van der Waals surface area contributed by atoms with Crippen molar-refractivity contribution in [1.29, 1.82) is 0 Å². The summed E-state index contributed by atoms with van der Waals surface area (Å²) in [4.78, 5) is 37.6. The Labute approximate surface area is 191 Å². The molecular formula is C27H34O5. The summed E-state index contributed by atoms with van der Waals surface area (Å²) in [5.74, 6) is -0.625. The molecule has 2 aromatic rings. The Kier molecular flexibility index (Phi) is 8.37. The molecule has 0 radical (unpaired) electrons. The van der Waals surface area contributed by atoms with Crippen molar-refractivity contribution in [1.82, 2.24) is 0 Å². The molecule has 5 heteroatoms. The van der Waals surface area contributed by atoms with E-state index in [0.717, 1.165) is 11.1 Å². The molecule has 0 bridgehead atoms. The first-order valence-corrected chi connectivity index (χ1v) is 11.1. The van der Waals surface area contributed by atoms with E-state index in [4.69, 9.17) is 9.47 Å². The Morgan fingerprint density at radius 3 is 2.00 bits per heavy atom. The second kappa shape index (κ2) is 10.6. The molecule has 0 N–H and O–H groups in total. The molecule has 32 heavy (non-hydrogen) atoms. The summed E-state index contributed by atoms with van der Waals surface area (Å²) in [6, 6.07) is 14.7. The molecule has 5 nitrogen and oxygen atoms in total. The highest BCUT2D eigenvalue weighted by Crippen LogP contribution is 2.32. The zero-order valence-electron chi connectivity index (χ0n) is 20.0. The van der Waals surface area contributed by atoms with Crippen LogP contribution in [0.1, 0.15) is 75.0 Å². The van der Waals surface area contributed by atoms with Crippen LogP contribution in [-0.2, 0) is 30.9 Å². The lowest BCUT2D eigenvalue weighted by molar-refractivity contribution is -0.153. The average Bonchev–Trinajstić information content (AvgIpc) is 2.73. The number of carbonyl (C=O) groups is 3. The first kappa shape index (κ1) is 25.3. The van der Waals surface area contributed by atoms with E-state index < -0.39 is 10.8 Å². The summed E-state index contributed by atoms with van der Waals surface area (Å²) in [7, 11) is 0. The van der Waals surface area contributed by atoms with Crippen molar-refractivity contribution >= 4 is 17.7 Å². The van der Waals surface area contributed by atoms with Crippen LogP contribution in [0.2, 0.25) is 0 Å². The highest BCUT2D eigenvalue weighted by atomic mass is 16.5. The van der Waals surface area contributed by atoms with Gasteiger partial charge in [0.1, 0.15) is 0 Å². The Hall–Kier alpha value is -2.95. The molecule has 172 valence electrons. The van der Waals surface area contributed by atoms with Gasteiger partial charge >= 0.3 is 11.9 Å². The summed E-state index contributed by atoms with van der Waals surface area (Å²) in [6.45, 7) is 11.8. The first-order chi connectivity index (χ1) is 15.0.